The van der Waals surface area contributed by atoms with Gasteiger partial charge in [0.15, 0.2) is 0 Å². The zero-order valence-corrected chi connectivity index (χ0v) is 14.4. The maximum Gasteiger partial charge on any atom is 0.238 e. The number of morpholine rings is 1. The van der Waals surface area contributed by atoms with E-state index in [9.17, 15) is 4.79 Å². The van der Waals surface area contributed by atoms with Crippen LogP contribution in [0.15, 0.2) is 22.7 Å². The van der Waals surface area contributed by atoms with Crippen molar-refractivity contribution < 1.29 is 9.53 Å². The fourth-order valence-corrected chi connectivity index (χ4v) is 2.44. The van der Waals surface area contributed by atoms with Crippen molar-refractivity contribution in [2.45, 2.75) is 13.0 Å². The van der Waals surface area contributed by atoms with Crippen LogP contribution in [-0.4, -0.2) is 49.7 Å². The third-order valence-electron chi connectivity index (χ3n) is 3.29. The molecule has 21 heavy (non-hydrogen) atoms. The highest BCUT2D eigenvalue weighted by atomic mass is 79.9. The van der Waals surface area contributed by atoms with Gasteiger partial charge in [-0.1, -0.05) is 15.9 Å². The van der Waals surface area contributed by atoms with Crippen LogP contribution in [0.5, 0.6) is 0 Å². The SMILES string of the molecule is Cc1cc(NC(=O)CN2CCOC(CN)C2)ccc1Br.Cl. The lowest BCUT2D eigenvalue weighted by Gasteiger charge is -2.31. The molecule has 1 amide bonds. The summed E-state index contributed by atoms with van der Waals surface area (Å²) in [6.07, 6.45) is 0.0338. The monoisotopic (exact) mass is 377 g/mol. The lowest BCUT2D eigenvalue weighted by molar-refractivity contribution is -0.119. The van der Waals surface area contributed by atoms with Crippen molar-refractivity contribution in [3.8, 4) is 0 Å². The number of ether oxygens (including phenoxy) is 1. The molecule has 0 aliphatic carbocycles. The number of carbonyl (C=O) groups excluding carboxylic acids is 1. The van der Waals surface area contributed by atoms with Gasteiger partial charge in [0.25, 0.3) is 0 Å². The van der Waals surface area contributed by atoms with Crippen LogP contribution in [0.3, 0.4) is 0 Å². The van der Waals surface area contributed by atoms with Crippen molar-refractivity contribution >= 4 is 39.9 Å². The van der Waals surface area contributed by atoms with E-state index in [4.69, 9.17) is 10.5 Å². The number of nitrogens with one attached hydrogen (secondary N) is 1. The van der Waals surface area contributed by atoms with Gasteiger partial charge < -0.3 is 15.8 Å². The topological polar surface area (TPSA) is 67.6 Å². The maximum absolute atomic E-state index is 12.0. The third-order valence-corrected chi connectivity index (χ3v) is 4.18. The zero-order valence-electron chi connectivity index (χ0n) is 12.0. The number of aryl methyl sites for hydroxylation is 1. The molecule has 1 heterocycles. The molecular formula is C14H21BrClN3O2. The molecule has 1 unspecified atom stereocenters. The first-order chi connectivity index (χ1) is 9.58. The van der Waals surface area contributed by atoms with Gasteiger partial charge in [-0.25, -0.2) is 0 Å². The third kappa shape index (κ3) is 5.56. The van der Waals surface area contributed by atoms with Crippen LogP contribution in [0.2, 0.25) is 0 Å². The van der Waals surface area contributed by atoms with Gasteiger partial charge in [0, 0.05) is 29.8 Å². The summed E-state index contributed by atoms with van der Waals surface area (Å²) in [5.74, 6) is -0.00982. The molecule has 7 heteroatoms. The molecule has 5 nitrogen and oxygen atoms in total. The molecule has 2 rings (SSSR count). The predicted molar refractivity (Wildman–Crippen MR) is 90.0 cm³/mol. The van der Waals surface area contributed by atoms with Crippen LogP contribution >= 0.6 is 28.3 Å². The Morgan fingerprint density at radius 1 is 1.57 bits per heavy atom. The Bertz CT molecular complexity index is 487. The van der Waals surface area contributed by atoms with Gasteiger partial charge in [-0.15, -0.1) is 12.4 Å². The van der Waals surface area contributed by atoms with Crippen LogP contribution in [0.25, 0.3) is 0 Å². The van der Waals surface area contributed by atoms with E-state index >= 15 is 0 Å². The Labute approximate surface area is 139 Å². The molecule has 0 radical (unpaired) electrons. The van der Waals surface area contributed by atoms with Crippen LogP contribution in [0, 0.1) is 6.92 Å². The molecular weight excluding hydrogens is 358 g/mol. The summed E-state index contributed by atoms with van der Waals surface area (Å²) in [5.41, 5.74) is 7.51. The highest BCUT2D eigenvalue weighted by molar-refractivity contribution is 9.10. The Morgan fingerprint density at radius 2 is 2.33 bits per heavy atom. The van der Waals surface area contributed by atoms with Crippen LogP contribution < -0.4 is 11.1 Å². The minimum Gasteiger partial charge on any atom is -0.374 e. The first-order valence-corrected chi connectivity index (χ1v) is 7.48. The average molecular weight is 379 g/mol. The molecule has 3 N–H and O–H groups in total. The highest BCUT2D eigenvalue weighted by Gasteiger charge is 2.20. The van der Waals surface area contributed by atoms with E-state index in [1.54, 1.807) is 0 Å². The van der Waals surface area contributed by atoms with Gasteiger partial charge in [-0.3, -0.25) is 9.69 Å². The highest BCUT2D eigenvalue weighted by Crippen LogP contribution is 2.20. The van der Waals surface area contributed by atoms with E-state index in [0.29, 0.717) is 26.2 Å². The van der Waals surface area contributed by atoms with Crippen LogP contribution in [0.4, 0.5) is 5.69 Å². The number of amides is 1. The van der Waals surface area contributed by atoms with E-state index in [-0.39, 0.29) is 24.4 Å². The van der Waals surface area contributed by atoms with Crippen LogP contribution in [-0.2, 0) is 9.53 Å². The van der Waals surface area contributed by atoms with E-state index in [2.05, 4.69) is 26.1 Å². The van der Waals surface area contributed by atoms with Crippen molar-refractivity contribution in [2.24, 2.45) is 5.73 Å². The van der Waals surface area contributed by atoms with Gasteiger partial charge in [0.2, 0.25) is 5.91 Å². The number of carbonyl (C=O) groups is 1. The van der Waals surface area contributed by atoms with E-state index in [0.717, 1.165) is 22.3 Å². The second kappa shape index (κ2) is 8.70. The molecule has 1 atom stereocenters. The quantitative estimate of drug-likeness (QED) is 0.838. The van der Waals surface area contributed by atoms with Crippen molar-refractivity contribution in [3.05, 3.63) is 28.2 Å². The lowest BCUT2D eigenvalue weighted by Crippen LogP contribution is -2.48. The Balaban J connectivity index is 0.00000220. The molecule has 1 saturated heterocycles. The number of nitrogens with zero attached hydrogens (tertiary/aromatic N) is 1. The molecule has 0 saturated carbocycles. The molecule has 0 spiro atoms. The molecule has 1 aromatic rings. The van der Waals surface area contributed by atoms with Crippen molar-refractivity contribution in [3.63, 3.8) is 0 Å². The molecule has 1 aliphatic heterocycles. The van der Waals surface area contributed by atoms with Gasteiger partial charge in [0.1, 0.15) is 0 Å². The second-order valence-electron chi connectivity index (χ2n) is 4.98. The van der Waals surface area contributed by atoms with Crippen molar-refractivity contribution in [1.29, 1.82) is 0 Å². The number of hydrogen-bond acceptors (Lipinski definition) is 4. The first kappa shape index (κ1) is 18.4. The number of rotatable bonds is 4. The minimum atomic E-state index is -0.00982. The fraction of sp³-hybridized carbons (Fsp3) is 0.500. The van der Waals surface area contributed by atoms with Crippen LogP contribution in [0.1, 0.15) is 5.56 Å². The summed E-state index contributed by atoms with van der Waals surface area (Å²) < 4.78 is 6.52. The molecule has 0 aromatic heterocycles. The Kier molecular flexibility index (Phi) is 7.62. The predicted octanol–water partition coefficient (Wildman–Crippen LogP) is 1.78. The van der Waals surface area contributed by atoms with Gasteiger partial charge in [-0.2, -0.15) is 0 Å². The van der Waals surface area contributed by atoms with E-state index in [1.807, 2.05) is 25.1 Å². The lowest BCUT2D eigenvalue weighted by atomic mass is 10.2. The smallest absolute Gasteiger partial charge is 0.238 e. The summed E-state index contributed by atoms with van der Waals surface area (Å²) in [7, 11) is 0. The normalized spacial score (nSPS) is 18.9. The molecule has 1 fully saturated rings. The van der Waals surface area contributed by atoms with Gasteiger partial charge >= 0.3 is 0 Å². The summed E-state index contributed by atoms with van der Waals surface area (Å²) in [6.45, 7) is 4.96. The summed E-state index contributed by atoms with van der Waals surface area (Å²) in [4.78, 5) is 14.1. The molecule has 118 valence electrons. The minimum absolute atomic E-state index is 0. The second-order valence-corrected chi connectivity index (χ2v) is 5.83. The molecule has 0 bridgehead atoms. The van der Waals surface area contributed by atoms with E-state index in [1.165, 1.54) is 0 Å². The van der Waals surface area contributed by atoms with Crippen molar-refractivity contribution in [2.75, 3.05) is 38.1 Å². The standard InChI is InChI=1S/C14H20BrN3O2.ClH/c1-10-6-11(2-3-13(10)15)17-14(19)9-18-4-5-20-12(7-16)8-18;/h2-3,6,12H,4-5,7-9,16H2,1H3,(H,17,19);1H. The van der Waals surface area contributed by atoms with Crippen molar-refractivity contribution in [1.82, 2.24) is 4.90 Å². The number of benzene rings is 1. The summed E-state index contributed by atoms with van der Waals surface area (Å²) in [6, 6.07) is 5.77. The fourth-order valence-electron chi connectivity index (χ4n) is 2.19. The van der Waals surface area contributed by atoms with E-state index < -0.39 is 0 Å². The number of anilines is 1. The molecule has 1 aromatic carbocycles. The summed E-state index contributed by atoms with van der Waals surface area (Å²) in [5, 5.41) is 2.92. The largest absolute Gasteiger partial charge is 0.374 e. The Hall–Kier alpha value is -0.660. The Morgan fingerprint density at radius 3 is 3.00 bits per heavy atom. The van der Waals surface area contributed by atoms with Gasteiger partial charge in [-0.05, 0) is 30.7 Å². The maximum atomic E-state index is 12.0. The van der Waals surface area contributed by atoms with Gasteiger partial charge in [0.05, 0.1) is 19.3 Å². The summed E-state index contributed by atoms with van der Waals surface area (Å²) >= 11 is 3.44. The first-order valence-electron chi connectivity index (χ1n) is 6.68. The zero-order chi connectivity index (χ0) is 14.5. The number of halogens is 2. The molecule has 1 aliphatic rings. The average Bonchev–Trinajstić information content (AvgIpc) is 2.43. The number of hydrogen-bond donors (Lipinski definition) is 2. The number of nitrogens with two attached hydrogens (primary N) is 1.